The van der Waals surface area contributed by atoms with Gasteiger partial charge in [-0.3, -0.25) is 4.68 Å². The van der Waals surface area contributed by atoms with Gasteiger partial charge in [-0.05, 0) is 37.3 Å². The Hall–Kier alpha value is -1.48. The summed E-state index contributed by atoms with van der Waals surface area (Å²) in [5.74, 6) is 0. The predicted molar refractivity (Wildman–Crippen MR) is 66.7 cm³/mol. The van der Waals surface area contributed by atoms with Crippen molar-refractivity contribution in [2.75, 3.05) is 5.32 Å². The zero-order chi connectivity index (χ0) is 11.5. The van der Waals surface area contributed by atoms with E-state index >= 15 is 0 Å². The highest BCUT2D eigenvalue weighted by atomic mass is 35.5. The van der Waals surface area contributed by atoms with Crippen LogP contribution in [0.4, 0.5) is 5.69 Å². The topological polar surface area (TPSA) is 29.9 Å². The van der Waals surface area contributed by atoms with Crippen LogP contribution < -0.4 is 5.32 Å². The fourth-order valence-electron chi connectivity index (χ4n) is 1.68. The second kappa shape index (κ2) is 4.58. The molecule has 2 rings (SSSR count). The molecule has 0 saturated heterocycles. The summed E-state index contributed by atoms with van der Waals surface area (Å²) in [6.07, 6.45) is 1.80. The molecule has 0 spiro atoms. The minimum absolute atomic E-state index is 0.216. The maximum atomic E-state index is 5.83. The molecular weight excluding hydrogens is 222 g/mol. The molecule has 1 N–H and O–H groups in total. The number of nitrogens with one attached hydrogen (secondary N) is 1. The van der Waals surface area contributed by atoms with Crippen LogP contribution in [0.5, 0.6) is 0 Å². The molecule has 1 unspecified atom stereocenters. The largest absolute Gasteiger partial charge is 0.377 e. The summed E-state index contributed by atoms with van der Waals surface area (Å²) < 4.78 is 1.87. The van der Waals surface area contributed by atoms with Crippen LogP contribution in [0.2, 0.25) is 5.02 Å². The van der Waals surface area contributed by atoms with Gasteiger partial charge in [0, 0.05) is 24.0 Å². The highest BCUT2D eigenvalue weighted by Crippen LogP contribution is 2.20. The zero-order valence-corrected chi connectivity index (χ0v) is 10.1. The van der Waals surface area contributed by atoms with E-state index in [1.54, 1.807) is 6.20 Å². The van der Waals surface area contributed by atoms with Crippen molar-refractivity contribution in [3.8, 4) is 0 Å². The number of benzene rings is 1. The number of aryl methyl sites for hydroxylation is 1. The Bertz CT molecular complexity index is 461. The standard InChI is InChI=1S/C12H14ClN3/c1-9(12-7-8-14-16(12)2)15-11-5-3-10(13)4-6-11/h3-9,15H,1-2H3. The van der Waals surface area contributed by atoms with Crippen LogP contribution in [0.3, 0.4) is 0 Å². The first-order valence-electron chi connectivity index (χ1n) is 5.17. The van der Waals surface area contributed by atoms with Gasteiger partial charge in [0.05, 0.1) is 11.7 Å². The number of anilines is 1. The molecule has 0 bridgehead atoms. The third kappa shape index (κ3) is 2.36. The summed E-state index contributed by atoms with van der Waals surface area (Å²) in [4.78, 5) is 0. The van der Waals surface area contributed by atoms with E-state index in [0.717, 1.165) is 16.4 Å². The molecule has 0 aliphatic rings. The average Bonchev–Trinajstić information content (AvgIpc) is 2.68. The van der Waals surface area contributed by atoms with Gasteiger partial charge in [0.15, 0.2) is 0 Å². The van der Waals surface area contributed by atoms with Crippen molar-refractivity contribution in [3.05, 3.63) is 47.2 Å². The molecule has 1 heterocycles. The Balaban J connectivity index is 2.10. The zero-order valence-electron chi connectivity index (χ0n) is 9.31. The summed E-state index contributed by atoms with van der Waals surface area (Å²) in [5, 5.41) is 8.29. The van der Waals surface area contributed by atoms with Gasteiger partial charge in [-0.1, -0.05) is 11.6 Å². The van der Waals surface area contributed by atoms with Crippen molar-refractivity contribution in [2.45, 2.75) is 13.0 Å². The highest BCUT2D eigenvalue weighted by Gasteiger charge is 2.08. The number of halogens is 1. The van der Waals surface area contributed by atoms with Crippen molar-refractivity contribution in [1.82, 2.24) is 9.78 Å². The van der Waals surface area contributed by atoms with E-state index in [2.05, 4.69) is 17.3 Å². The molecular formula is C12H14ClN3. The molecule has 3 nitrogen and oxygen atoms in total. The normalized spacial score (nSPS) is 12.4. The molecule has 1 aromatic carbocycles. The van der Waals surface area contributed by atoms with E-state index < -0.39 is 0 Å². The van der Waals surface area contributed by atoms with Gasteiger partial charge in [-0.2, -0.15) is 5.10 Å². The number of hydrogen-bond donors (Lipinski definition) is 1. The van der Waals surface area contributed by atoms with Crippen molar-refractivity contribution in [3.63, 3.8) is 0 Å². The van der Waals surface area contributed by atoms with E-state index in [4.69, 9.17) is 11.6 Å². The summed E-state index contributed by atoms with van der Waals surface area (Å²) >= 11 is 5.83. The Morgan fingerprint density at radius 1 is 1.25 bits per heavy atom. The van der Waals surface area contributed by atoms with E-state index in [9.17, 15) is 0 Å². The highest BCUT2D eigenvalue weighted by molar-refractivity contribution is 6.30. The Morgan fingerprint density at radius 3 is 2.50 bits per heavy atom. The molecule has 0 aliphatic heterocycles. The lowest BCUT2D eigenvalue weighted by Gasteiger charge is -2.15. The number of hydrogen-bond acceptors (Lipinski definition) is 2. The molecule has 0 amide bonds. The predicted octanol–water partition coefficient (Wildman–Crippen LogP) is 3.25. The SMILES string of the molecule is CC(Nc1ccc(Cl)cc1)c1ccnn1C. The van der Waals surface area contributed by atoms with Gasteiger partial charge >= 0.3 is 0 Å². The minimum Gasteiger partial charge on any atom is -0.377 e. The van der Waals surface area contributed by atoms with E-state index in [1.165, 1.54) is 0 Å². The maximum absolute atomic E-state index is 5.83. The lowest BCUT2D eigenvalue weighted by molar-refractivity contribution is 0.676. The summed E-state index contributed by atoms with van der Waals surface area (Å²) in [7, 11) is 1.94. The first-order chi connectivity index (χ1) is 7.66. The molecule has 1 atom stereocenters. The molecule has 4 heteroatoms. The third-order valence-corrected chi connectivity index (χ3v) is 2.78. The van der Waals surface area contributed by atoms with Gasteiger partial charge < -0.3 is 5.32 Å². The Labute approximate surface area is 100 Å². The van der Waals surface area contributed by atoms with Gasteiger partial charge in [0.25, 0.3) is 0 Å². The average molecular weight is 236 g/mol. The lowest BCUT2D eigenvalue weighted by atomic mass is 10.2. The fraction of sp³-hybridized carbons (Fsp3) is 0.250. The lowest BCUT2D eigenvalue weighted by Crippen LogP contribution is -2.11. The maximum Gasteiger partial charge on any atom is 0.0653 e. The molecule has 84 valence electrons. The van der Waals surface area contributed by atoms with Crippen LogP contribution in [0.25, 0.3) is 0 Å². The van der Waals surface area contributed by atoms with Crippen LogP contribution in [-0.2, 0) is 7.05 Å². The molecule has 16 heavy (non-hydrogen) atoms. The van der Waals surface area contributed by atoms with Gasteiger partial charge in [0.1, 0.15) is 0 Å². The van der Waals surface area contributed by atoms with Crippen LogP contribution in [0.1, 0.15) is 18.7 Å². The van der Waals surface area contributed by atoms with Crippen LogP contribution in [-0.4, -0.2) is 9.78 Å². The van der Waals surface area contributed by atoms with E-state index in [1.807, 2.05) is 42.1 Å². The first-order valence-corrected chi connectivity index (χ1v) is 5.54. The van der Waals surface area contributed by atoms with Crippen molar-refractivity contribution >= 4 is 17.3 Å². The van der Waals surface area contributed by atoms with Gasteiger partial charge in [-0.15, -0.1) is 0 Å². The van der Waals surface area contributed by atoms with Crippen LogP contribution >= 0.6 is 11.6 Å². The van der Waals surface area contributed by atoms with Crippen molar-refractivity contribution in [1.29, 1.82) is 0 Å². The van der Waals surface area contributed by atoms with Crippen LogP contribution in [0, 0.1) is 0 Å². The molecule has 0 aliphatic carbocycles. The second-order valence-corrected chi connectivity index (χ2v) is 4.19. The number of rotatable bonds is 3. The molecule has 0 saturated carbocycles. The molecule has 0 radical (unpaired) electrons. The van der Waals surface area contributed by atoms with Gasteiger partial charge in [-0.25, -0.2) is 0 Å². The first kappa shape index (κ1) is 11.0. The van der Waals surface area contributed by atoms with Crippen LogP contribution in [0.15, 0.2) is 36.5 Å². The summed E-state index contributed by atoms with van der Waals surface area (Å²) in [6.45, 7) is 2.10. The Kier molecular flexibility index (Phi) is 3.15. The quantitative estimate of drug-likeness (QED) is 0.885. The van der Waals surface area contributed by atoms with Crippen molar-refractivity contribution in [2.24, 2.45) is 7.05 Å². The number of aromatic nitrogens is 2. The van der Waals surface area contributed by atoms with Crippen molar-refractivity contribution < 1.29 is 0 Å². The van der Waals surface area contributed by atoms with E-state index in [0.29, 0.717) is 0 Å². The molecule has 1 aromatic heterocycles. The molecule has 2 aromatic rings. The summed E-state index contributed by atoms with van der Waals surface area (Å²) in [6, 6.07) is 9.91. The second-order valence-electron chi connectivity index (χ2n) is 3.75. The smallest absolute Gasteiger partial charge is 0.0653 e. The summed E-state index contributed by atoms with van der Waals surface area (Å²) in [5.41, 5.74) is 2.20. The Morgan fingerprint density at radius 2 is 1.94 bits per heavy atom. The minimum atomic E-state index is 0.216. The molecule has 0 fully saturated rings. The fourth-order valence-corrected chi connectivity index (χ4v) is 1.80. The number of nitrogens with zero attached hydrogens (tertiary/aromatic N) is 2. The van der Waals surface area contributed by atoms with Gasteiger partial charge in [0.2, 0.25) is 0 Å². The van der Waals surface area contributed by atoms with E-state index in [-0.39, 0.29) is 6.04 Å². The monoisotopic (exact) mass is 235 g/mol. The third-order valence-electron chi connectivity index (χ3n) is 2.53.